The van der Waals surface area contributed by atoms with Gasteiger partial charge in [-0.1, -0.05) is 38.3 Å². The second-order valence-corrected chi connectivity index (χ2v) is 22.0. The highest BCUT2D eigenvalue weighted by Gasteiger charge is 2.34. The number of hydrogen-bond acceptors (Lipinski definition) is 33. The van der Waals surface area contributed by atoms with Gasteiger partial charge in [-0.25, -0.2) is 0 Å². The van der Waals surface area contributed by atoms with Crippen molar-refractivity contribution >= 4 is 109 Å². The Bertz CT molecular complexity index is 2490. The van der Waals surface area contributed by atoms with Crippen molar-refractivity contribution in [1.82, 2.24) is 15.1 Å². The van der Waals surface area contributed by atoms with Crippen LogP contribution in [0.2, 0.25) is 0 Å². The number of esters is 11. The van der Waals surface area contributed by atoms with Gasteiger partial charge in [0.2, 0.25) is 0 Å². The van der Waals surface area contributed by atoms with Gasteiger partial charge in [0, 0.05) is 24.6 Å². The lowest BCUT2D eigenvalue weighted by atomic mass is 10.1. The number of ether oxygens (including phenoxy) is 11. The van der Waals surface area contributed by atoms with E-state index in [2.05, 4.69) is 63.5 Å². The molecule has 0 heterocycles. The molecule has 0 fully saturated rings. The van der Waals surface area contributed by atoms with Gasteiger partial charge in [0.05, 0.1) is 136 Å². The molecule has 0 aliphatic rings. The number of carbonyl (C=O) groups excluding carboxylic acids is 11. The van der Waals surface area contributed by atoms with E-state index in [0.717, 1.165) is 50.3 Å². The van der Waals surface area contributed by atoms with Crippen molar-refractivity contribution in [3.63, 3.8) is 0 Å². The van der Waals surface area contributed by atoms with Crippen LogP contribution in [0.15, 0.2) is 0 Å². The first-order valence-electron chi connectivity index (χ1n) is 34.9. The van der Waals surface area contributed by atoms with Gasteiger partial charge < -0.3 is 84.8 Å². The minimum Gasteiger partial charge on any atom is -0.481 e. The van der Waals surface area contributed by atoms with Crippen LogP contribution in [0, 0.1) is 34.0 Å². The number of nitrogens with one attached hydrogen (secondary N) is 1. The molecule has 0 amide bonds. The van der Waals surface area contributed by atoms with Gasteiger partial charge in [0.15, 0.2) is 0 Å². The van der Waals surface area contributed by atoms with E-state index in [-0.39, 0.29) is 111 Å². The Morgan fingerprint density at radius 3 is 1.06 bits per heavy atom. The molecule has 0 saturated heterocycles. The lowest BCUT2D eigenvalue weighted by molar-refractivity contribution is -0.159. The van der Waals surface area contributed by atoms with Gasteiger partial charge in [0.25, 0.3) is 0 Å². The topological polar surface area (TPSA) is 532 Å². The first kappa shape index (κ1) is 111. The van der Waals surface area contributed by atoms with Gasteiger partial charge in [0.1, 0.15) is 35.5 Å². The maximum Gasteiger partial charge on any atom is 0.323 e. The summed E-state index contributed by atoms with van der Waals surface area (Å²) in [5.74, 6) is -7.73. The molecule has 0 aliphatic heterocycles. The summed E-state index contributed by atoms with van der Waals surface area (Å²) in [7, 11) is 0. The number of rotatable bonds is 50. The molecule has 0 spiro atoms. The molecule has 0 bridgehead atoms. The number of hydrogen-bond donors (Lipinski definition) is 6. The van der Waals surface area contributed by atoms with Crippen LogP contribution in [0.25, 0.3) is 0 Å². The van der Waals surface area contributed by atoms with Gasteiger partial charge in [-0.2, -0.15) is 15.8 Å². The monoisotopic (exact) mass is 1640 g/mol. The van der Waals surface area contributed by atoms with Gasteiger partial charge in [-0.15, -0.1) is 0 Å². The zero-order chi connectivity index (χ0) is 81.6. The summed E-state index contributed by atoms with van der Waals surface area (Å²) in [6, 6.07) is 1.50. The van der Waals surface area contributed by atoms with Crippen LogP contribution >= 0.6 is 31.9 Å². The van der Waals surface area contributed by atoms with Gasteiger partial charge in [-0.3, -0.25) is 72.1 Å². The minimum absolute atomic E-state index is 0.0368. The fourth-order valence-electron chi connectivity index (χ4n) is 7.52. The van der Waals surface area contributed by atoms with Crippen molar-refractivity contribution in [3.8, 4) is 18.2 Å². The molecule has 0 aromatic rings. The first-order valence-corrected chi connectivity index (χ1v) is 37.1. The second kappa shape index (κ2) is 82.0. The summed E-state index contributed by atoms with van der Waals surface area (Å²) in [6.45, 7) is 23.3. The maximum absolute atomic E-state index is 12.3. The molecule has 0 aromatic heterocycles. The van der Waals surface area contributed by atoms with Crippen LogP contribution in [0.5, 0.6) is 0 Å². The minimum atomic E-state index is -1.29. The number of carboxylic acid groups (broad SMARTS) is 2. The molecule has 35 nitrogen and oxygen atoms in total. The SMILES string of the molecule is CCOC(=O)CBr.CCOC(=O)CC(C(=O)OCC)N(CCCCC#N)CC(=O)OCC.CCOC(=O)CC(C(=O)OCC)N(CCCCCN)CC(=O)OCC.CCOC(=O)CC(N)C(=O)OCC.CCOC(=O)CC(NCCCCC#N)C(=O)OCC.N#CCCCCBr.NC(CC(=O)O)C(=O)O. The van der Waals surface area contributed by atoms with Crippen molar-refractivity contribution < 1.29 is 125 Å². The Morgan fingerprint density at radius 2 is 0.724 bits per heavy atom. The van der Waals surface area contributed by atoms with Crippen molar-refractivity contribution in [2.75, 3.05) is 123 Å². The highest BCUT2D eigenvalue weighted by Crippen LogP contribution is 2.14. The Hall–Kier alpha value is -7.70. The normalized spacial score (nSPS) is 11.3. The van der Waals surface area contributed by atoms with Gasteiger partial charge >= 0.3 is 77.6 Å². The van der Waals surface area contributed by atoms with E-state index >= 15 is 0 Å². The Kier molecular flexibility index (Phi) is 86.4. The third-order valence-corrected chi connectivity index (χ3v) is 13.2. The standard InChI is InChI=1S/C17H32N2O6.C17H28N2O6.C13H22N2O4.C8H15NO4.C5H8BrN.C4H7BrO2.C4H7NO4/c2*1-4-23-15(20)12-14(17(22)25-6-3)19(11-9-7-8-10-18)13-16(21)24-5-2;1-3-18-12(16)10-11(13(17)19-4-2)15-9-7-5-6-8-14;1-3-12-7(10)5-6(9)8(11)13-4-2;6-4-2-1-3-5-7;1-2-7-4(6)3-5;5-2(4(8)9)1-3(6)7/h14H,4-13,18H2,1-3H3;14H,4-9,11-13H2,1-3H3;11,15H,3-7,9-10H2,1-2H3;6H,3-5,9H2,1-2H3;1-4H2;2-3H2,1H3;2H,1,5H2,(H,6,7)(H,8,9). The van der Waals surface area contributed by atoms with Crippen LogP contribution in [-0.4, -0.2) is 250 Å². The maximum atomic E-state index is 12.3. The van der Waals surface area contributed by atoms with Crippen LogP contribution < -0.4 is 22.5 Å². The average molecular weight is 1640 g/mol. The fourth-order valence-corrected chi connectivity index (χ4v) is 8.08. The lowest BCUT2D eigenvalue weighted by Crippen LogP contribution is -2.47. The molecule has 606 valence electrons. The molecule has 0 aliphatic carbocycles. The summed E-state index contributed by atoms with van der Waals surface area (Å²) < 4.78 is 53.3. The van der Waals surface area contributed by atoms with E-state index in [4.69, 9.17) is 81.1 Å². The zero-order valence-corrected chi connectivity index (χ0v) is 66.4. The molecular weight excluding hydrogens is 1520 g/mol. The number of nitrogens with two attached hydrogens (primary N) is 3. The van der Waals surface area contributed by atoms with E-state index in [1.165, 1.54) is 0 Å². The summed E-state index contributed by atoms with van der Waals surface area (Å²) in [5.41, 5.74) is 15.7. The van der Waals surface area contributed by atoms with E-state index in [1.807, 2.05) is 6.07 Å². The van der Waals surface area contributed by atoms with E-state index in [1.54, 1.807) is 86.0 Å². The average Bonchev–Trinajstić information content (AvgIpc) is 0.878. The lowest BCUT2D eigenvalue weighted by Gasteiger charge is -2.28. The molecule has 105 heavy (non-hydrogen) atoms. The van der Waals surface area contributed by atoms with E-state index in [9.17, 15) is 62.3 Å². The van der Waals surface area contributed by atoms with Crippen molar-refractivity contribution in [3.05, 3.63) is 0 Å². The van der Waals surface area contributed by atoms with Crippen LogP contribution in [0.3, 0.4) is 0 Å². The summed E-state index contributed by atoms with van der Waals surface area (Å²) >= 11 is 6.21. The summed E-state index contributed by atoms with van der Waals surface area (Å²) in [4.78, 5) is 150. The summed E-state index contributed by atoms with van der Waals surface area (Å²) in [6.07, 6.45) is 7.89. The number of unbranched alkanes of at least 4 members (excludes halogenated alkanes) is 8. The largest absolute Gasteiger partial charge is 0.481 e. The number of halogens is 2. The molecule has 37 heteroatoms. The van der Waals surface area contributed by atoms with Crippen molar-refractivity contribution in [2.24, 2.45) is 17.2 Å². The predicted octanol–water partition coefficient (Wildman–Crippen LogP) is 5.17. The number of alkyl halides is 2. The van der Waals surface area contributed by atoms with Crippen molar-refractivity contribution in [2.45, 2.75) is 216 Å². The Balaban J connectivity index is -0.000000225. The number of carbonyl (C=O) groups is 13. The number of nitriles is 3. The third-order valence-electron chi connectivity index (χ3n) is 12.2. The molecule has 0 rings (SSSR count). The predicted molar refractivity (Wildman–Crippen MR) is 389 cm³/mol. The van der Waals surface area contributed by atoms with Crippen LogP contribution in [0.4, 0.5) is 0 Å². The molecule has 5 unspecified atom stereocenters. The number of carboxylic acids is 2. The summed E-state index contributed by atoms with van der Waals surface area (Å²) in [5, 5.41) is 45.4. The highest BCUT2D eigenvalue weighted by molar-refractivity contribution is 9.09. The molecule has 0 saturated carbocycles. The van der Waals surface area contributed by atoms with Crippen LogP contribution in [0.1, 0.15) is 185 Å². The fraction of sp³-hybridized carbons (Fsp3) is 0.765. The van der Waals surface area contributed by atoms with E-state index < -0.39 is 108 Å². The molecule has 9 N–H and O–H groups in total. The molecular formula is C68H119Br2N9O26. The quantitative estimate of drug-likeness (QED) is 0.0198. The highest BCUT2D eigenvalue weighted by atomic mass is 79.9. The van der Waals surface area contributed by atoms with Crippen LogP contribution in [-0.2, 0) is 114 Å². The smallest absolute Gasteiger partial charge is 0.323 e. The van der Waals surface area contributed by atoms with E-state index in [0.29, 0.717) is 70.2 Å². The molecule has 0 radical (unpaired) electrons. The number of aliphatic carboxylic acids is 2. The second-order valence-electron chi connectivity index (χ2n) is 20.6. The molecule has 0 aromatic carbocycles. The first-order chi connectivity index (χ1) is 50.0. The third kappa shape index (κ3) is 75.8. The Labute approximate surface area is 635 Å². The Morgan fingerprint density at radius 1 is 0.390 bits per heavy atom. The number of nitrogens with zero attached hydrogens (tertiary/aromatic N) is 5. The molecule has 5 atom stereocenters. The van der Waals surface area contributed by atoms with Crippen molar-refractivity contribution in [1.29, 1.82) is 15.8 Å². The van der Waals surface area contributed by atoms with Gasteiger partial charge in [-0.05, 0) is 154 Å². The zero-order valence-electron chi connectivity index (χ0n) is 63.3.